The number of carbonyl (C=O) groups excluding carboxylic acids is 1. The Balaban J connectivity index is 2.79. The minimum atomic E-state index is -1.15. The molecular formula is C12H22N2O3. The van der Waals surface area contributed by atoms with Crippen LogP contribution in [0.5, 0.6) is 0 Å². The van der Waals surface area contributed by atoms with Gasteiger partial charge in [0.2, 0.25) is 5.91 Å². The van der Waals surface area contributed by atoms with E-state index < -0.39 is 11.5 Å². The number of nitrogens with zero attached hydrogens (tertiary/aromatic N) is 1. The van der Waals surface area contributed by atoms with Gasteiger partial charge in [-0.2, -0.15) is 0 Å². The first kappa shape index (κ1) is 14.0. The van der Waals surface area contributed by atoms with Gasteiger partial charge in [-0.25, -0.2) is 4.79 Å². The van der Waals surface area contributed by atoms with Gasteiger partial charge in [0.25, 0.3) is 0 Å². The molecule has 1 amide bonds. The number of carbonyl (C=O) groups is 2. The highest BCUT2D eigenvalue weighted by Gasteiger charge is 2.39. The average molecular weight is 242 g/mol. The summed E-state index contributed by atoms with van der Waals surface area (Å²) in [5.41, 5.74) is -1.15. The van der Waals surface area contributed by atoms with Gasteiger partial charge in [0.05, 0.1) is 6.04 Å². The summed E-state index contributed by atoms with van der Waals surface area (Å²) >= 11 is 0. The predicted octanol–water partition coefficient (Wildman–Crippen LogP) is 0.840. The molecule has 1 aliphatic heterocycles. The molecule has 1 aliphatic rings. The van der Waals surface area contributed by atoms with Crippen molar-refractivity contribution in [1.82, 2.24) is 10.2 Å². The van der Waals surface area contributed by atoms with Crippen molar-refractivity contribution in [3.63, 3.8) is 0 Å². The molecular weight excluding hydrogens is 220 g/mol. The van der Waals surface area contributed by atoms with Gasteiger partial charge in [0, 0.05) is 6.54 Å². The number of hydrogen-bond donors (Lipinski definition) is 2. The Morgan fingerprint density at radius 2 is 2.06 bits per heavy atom. The molecule has 98 valence electrons. The van der Waals surface area contributed by atoms with Gasteiger partial charge in [-0.3, -0.25) is 4.79 Å². The van der Waals surface area contributed by atoms with Crippen LogP contribution in [0.1, 0.15) is 40.0 Å². The van der Waals surface area contributed by atoms with Crippen LogP contribution in [0.2, 0.25) is 0 Å². The van der Waals surface area contributed by atoms with Crippen molar-refractivity contribution in [3.8, 4) is 0 Å². The number of amides is 1. The standard InChI is InChI=1S/C12H22N2O3/c1-4-14(12(2,3)11(16)17)10(15)9-7-5-6-8-13-9/h9,13H,4-8H2,1-3H3,(H,16,17)/t9-/m1/s1. The van der Waals surface area contributed by atoms with E-state index in [1.165, 1.54) is 4.90 Å². The van der Waals surface area contributed by atoms with Crippen LogP contribution in [0, 0.1) is 0 Å². The van der Waals surface area contributed by atoms with Crippen LogP contribution in [0.15, 0.2) is 0 Å². The largest absolute Gasteiger partial charge is 0.480 e. The quantitative estimate of drug-likeness (QED) is 0.766. The van der Waals surface area contributed by atoms with E-state index in [9.17, 15) is 14.7 Å². The van der Waals surface area contributed by atoms with E-state index in [0.29, 0.717) is 6.54 Å². The molecule has 1 atom stereocenters. The third kappa shape index (κ3) is 2.97. The number of carboxylic acids is 1. The van der Waals surface area contributed by atoms with E-state index in [0.717, 1.165) is 25.8 Å². The molecule has 1 fully saturated rings. The van der Waals surface area contributed by atoms with Crippen LogP contribution < -0.4 is 5.32 Å². The first-order valence-corrected chi connectivity index (χ1v) is 6.19. The zero-order valence-electron chi connectivity index (χ0n) is 10.8. The van der Waals surface area contributed by atoms with Gasteiger partial charge in [-0.1, -0.05) is 6.42 Å². The molecule has 0 aromatic carbocycles. The van der Waals surface area contributed by atoms with Gasteiger partial charge in [0.15, 0.2) is 0 Å². The molecule has 2 N–H and O–H groups in total. The summed E-state index contributed by atoms with van der Waals surface area (Å²) < 4.78 is 0. The van der Waals surface area contributed by atoms with Crippen molar-refractivity contribution in [2.75, 3.05) is 13.1 Å². The third-order valence-electron chi connectivity index (χ3n) is 3.39. The Morgan fingerprint density at radius 1 is 1.41 bits per heavy atom. The van der Waals surface area contributed by atoms with Gasteiger partial charge in [-0.05, 0) is 40.2 Å². The van der Waals surface area contributed by atoms with Gasteiger partial charge >= 0.3 is 5.97 Å². The fourth-order valence-electron chi connectivity index (χ4n) is 2.19. The highest BCUT2D eigenvalue weighted by molar-refractivity contribution is 5.89. The fraction of sp³-hybridized carbons (Fsp3) is 0.833. The second-order valence-corrected chi connectivity index (χ2v) is 4.95. The second kappa shape index (κ2) is 5.49. The van der Waals surface area contributed by atoms with E-state index >= 15 is 0 Å². The van der Waals surface area contributed by atoms with Crippen molar-refractivity contribution in [2.45, 2.75) is 51.6 Å². The summed E-state index contributed by atoms with van der Waals surface area (Å²) in [6, 6.07) is -0.220. The molecule has 17 heavy (non-hydrogen) atoms. The lowest BCUT2D eigenvalue weighted by Gasteiger charge is -2.37. The summed E-state index contributed by atoms with van der Waals surface area (Å²) in [6.45, 7) is 6.20. The Bertz CT molecular complexity index is 296. The molecule has 0 spiro atoms. The van der Waals surface area contributed by atoms with E-state index in [1.54, 1.807) is 13.8 Å². The van der Waals surface area contributed by atoms with E-state index in [-0.39, 0.29) is 11.9 Å². The maximum absolute atomic E-state index is 12.3. The molecule has 0 radical (unpaired) electrons. The van der Waals surface area contributed by atoms with Crippen LogP contribution in [-0.2, 0) is 9.59 Å². The SMILES string of the molecule is CCN(C(=O)[C@H]1CCCCN1)C(C)(C)C(=O)O. The zero-order valence-corrected chi connectivity index (χ0v) is 10.8. The molecule has 5 nitrogen and oxygen atoms in total. The average Bonchev–Trinajstić information content (AvgIpc) is 2.30. The number of rotatable bonds is 4. The zero-order chi connectivity index (χ0) is 13.1. The summed E-state index contributed by atoms with van der Waals surface area (Å²) in [5, 5.41) is 12.3. The first-order valence-electron chi connectivity index (χ1n) is 6.19. The minimum absolute atomic E-state index is 0.0976. The number of aliphatic carboxylic acids is 1. The molecule has 0 saturated carbocycles. The van der Waals surface area contributed by atoms with E-state index in [2.05, 4.69) is 5.32 Å². The smallest absolute Gasteiger partial charge is 0.329 e. The minimum Gasteiger partial charge on any atom is -0.480 e. The highest BCUT2D eigenvalue weighted by atomic mass is 16.4. The lowest BCUT2D eigenvalue weighted by Crippen LogP contribution is -2.58. The molecule has 0 bridgehead atoms. The molecule has 5 heteroatoms. The van der Waals surface area contributed by atoms with E-state index in [1.807, 2.05) is 6.92 Å². The monoisotopic (exact) mass is 242 g/mol. The molecule has 0 aromatic heterocycles. The van der Waals surface area contributed by atoms with Crippen molar-refractivity contribution in [2.24, 2.45) is 0 Å². The number of hydrogen-bond acceptors (Lipinski definition) is 3. The Labute approximate surface area is 102 Å². The topological polar surface area (TPSA) is 69.6 Å². The highest BCUT2D eigenvalue weighted by Crippen LogP contribution is 2.18. The number of likely N-dealkylation sites (N-methyl/N-ethyl adjacent to an activating group) is 1. The lowest BCUT2D eigenvalue weighted by molar-refractivity contribution is -0.157. The molecule has 0 aromatic rings. The number of nitrogens with one attached hydrogen (secondary N) is 1. The third-order valence-corrected chi connectivity index (χ3v) is 3.39. The van der Waals surface area contributed by atoms with Crippen LogP contribution in [-0.4, -0.2) is 46.6 Å². The van der Waals surface area contributed by atoms with Crippen molar-refractivity contribution in [3.05, 3.63) is 0 Å². The van der Waals surface area contributed by atoms with Crippen LogP contribution in [0.25, 0.3) is 0 Å². The Hall–Kier alpha value is -1.10. The Kier molecular flexibility index (Phi) is 4.51. The van der Waals surface area contributed by atoms with Crippen LogP contribution in [0.3, 0.4) is 0 Å². The van der Waals surface area contributed by atoms with Crippen LogP contribution in [0.4, 0.5) is 0 Å². The number of carboxylic acid groups (broad SMARTS) is 1. The molecule has 0 aliphatic carbocycles. The van der Waals surface area contributed by atoms with Gasteiger partial charge < -0.3 is 15.3 Å². The molecule has 1 rings (SSSR count). The second-order valence-electron chi connectivity index (χ2n) is 4.95. The fourth-order valence-corrected chi connectivity index (χ4v) is 2.19. The maximum Gasteiger partial charge on any atom is 0.329 e. The van der Waals surface area contributed by atoms with E-state index in [4.69, 9.17) is 0 Å². The molecule has 1 saturated heterocycles. The molecule has 0 unspecified atom stereocenters. The summed E-state index contributed by atoms with van der Waals surface area (Å²) in [5.74, 6) is -1.07. The van der Waals surface area contributed by atoms with Crippen molar-refractivity contribution >= 4 is 11.9 Å². The predicted molar refractivity (Wildman–Crippen MR) is 64.7 cm³/mol. The molecule has 1 heterocycles. The van der Waals surface area contributed by atoms with Crippen molar-refractivity contribution < 1.29 is 14.7 Å². The summed E-state index contributed by atoms with van der Waals surface area (Å²) in [4.78, 5) is 24.9. The normalized spacial score (nSPS) is 21.0. The summed E-state index contributed by atoms with van der Waals surface area (Å²) in [7, 11) is 0. The Morgan fingerprint density at radius 3 is 2.47 bits per heavy atom. The van der Waals surface area contributed by atoms with Crippen molar-refractivity contribution in [1.29, 1.82) is 0 Å². The van der Waals surface area contributed by atoms with Crippen LogP contribution >= 0.6 is 0 Å². The summed E-state index contributed by atoms with van der Waals surface area (Å²) in [6.07, 6.45) is 2.90. The maximum atomic E-state index is 12.3. The van der Waals surface area contributed by atoms with Gasteiger partial charge in [-0.15, -0.1) is 0 Å². The lowest BCUT2D eigenvalue weighted by atomic mass is 9.98. The van der Waals surface area contributed by atoms with Gasteiger partial charge in [0.1, 0.15) is 5.54 Å². The number of piperidine rings is 1. The first-order chi connectivity index (χ1) is 7.91.